The number of fused-ring (bicyclic) bond motifs is 1. The van der Waals surface area contributed by atoms with Crippen LogP contribution in [0.4, 0.5) is 29.0 Å². The van der Waals surface area contributed by atoms with Crippen LogP contribution >= 0.6 is 23.9 Å². The monoisotopic (exact) mass is 691 g/mol. The van der Waals surface area contributed by atoms with Gasteiger partial charge in [-0.3, -0.25) is 9.88 Å². The molecule has 2 fully saturated rings. The van der Waals surface area contributed by atoms with Crippen LogP contribution in [0.2, 0.25) is 0 Å². The molecule has 45 heavy (non-hydrogen) atoms. The summed E-state index contributed by atoms with van der Waals surface area (Å²) in [6, 6.07) is 11.1. The van der Waals surface area contributed by atoms with Crippen molar-refractivity contribution in [2.45, 2.75) is 32.2 Å². The molecule has 4 aromatic rings. The molecule has 2 saturated heterocycles. The molecule has 0 spiro atoms. The average molecular weight is 693 g/mol. The molecule has 12 heteroatoms. The van der Waals surface area contributed by atoms with Gasteiger partial charge < -0.3 is 25.2 Å². The highest BCUT2D eigenvalue weighted by molar-refractivity contribution is 9.10. The fraction of sp³-hybridized carbons (Fsp3) is 0.455. The van der Waals surface area contributed by atoms with Gasteiger partial charge in [0.25, 0.3) is 0 Å². The number of likely N-dealkylation sites (N-methyl/N-ethyl adjacent to an activating group) is 1. The molecule has 3 aromatic heterocycles. The fourth-order valence-electron chi connectivity index (χ4n) is 6.40. The summed E-state index contributed by atoms with van der Waals surface area (Å²) in [5.74, 6) is 2.66. The number of methoxy groups -OCH3 is 1. The average Bonchev–Trinajstić information content (AvgIpc) is 3.06. The Labute approximate surface area is 275 Å². The van der Waals surface area contributed by atoms with Gasteiger partial charge in [0, 0.05) is 62.2 Å². The van der Waals surface area contributed by atoms with Crippen LogP contribution in [0.3, 0.4) is 0 Å². The number of benzene rings is 1. The predicted octanol–water partition coefficient (Wildman–Crippen LogP) is 5.82. The minimum Gasteiger partial charge on any atom is -0.479 e. The van der Waals surface area contributed by atoms with Crippen molar-refractivity contribution >= 4 is 69.0 Å². The molecule has 0 unspecified atom stereocenters. The van der Waals surface area contributed by atoms with Gasteiger partial charge in [-0.2, -0.15) is 9.97 Å². The van der Waals surface area contributed by atoms with Crippen molar-refractivity contribution in [1.29, 1.82) is 0 Å². The van der Waals surface area contributed by atoms with Gasteiger partial charge in [-0.1, -0.05) is 33.0 Å². The zero-order valence-corrected chi connectivity index (χ0v) is 29.3. The van der Waals surface area contributed by atoms with Crippen molar-refractivity contribution in [3.05, 3.63) is 52.8 Å². The quantitative estimate of drug-likeness (QED) is 0.209. The second kappa shape index (κ2) is 14.1. The number of pyridine rings is 2. The topological polar surface area (TPSA) is 94.6 Å². The number of nitrogens with zero attached hydrogens (tertiary/aromatic N) is 7. The summed E-state index contributed by atoms with van der Waals surface area (Å²) in [7, 11) is 3.48. The minimum atomic E-state index is -0.408. The molecule has 0 aliphatic carbocycles. The number of aryl methyl sites for hydroxylation is 1. The summed E-state index contributed by atoms with van der Waals surface area (Å²) in [5, 5.41) is 9.34. The lowest BCUT2D eigenvalue weighted by molar-refractivity contribution is 0.0981. The molecule has 0 bridgehead atoms. The van der Waals surface area contributed by atoms with E-state index in [9.17, 15) is 0 Å². The molecular formula is C33H43BrN9OP. The van der Waals surface area contributed by atoms with E-state index in [1.54, 1.807) is 13.3 Å². The maximum Gasteiger partial charge on any atom is 0.239 e. The van der Waals surface area contributed by atoms with Gasteiger partial charge in [-0.15, -0.1) is 0 Å². The summed E-state index contributed by atoms with van der Waals surface area (Å²) in [6.07, 6.45) is 6.83. The van der Waals surface area contributed by atoms with E-state index < -0.39 is 7.92 Å². The molecule has 1 aromatic carbocycles. The summed E-state index contributed by atoms with van der Waals surface area (Å²) >= 11 is 3.64. The van der Waals surface area contributed by atoms with Crippen molar-refractivity contribution in [3.8, 4) is 5.88 Å². The number of para-hydroxylation sites is 1. The van der Waals surface area contributed by atoms with Gasteiger partial charge in [0.05, 0.1) is 29.0 Å². The van der Waals surface area contributed by atoms with Crippen molar-refractivity contribution in [1.82, 2.24) is 29.7 Å². The summed E-state index contributed by atoms with van der Waals surface area (Å²) in [6.45, 7) is 13.4. The fourth-order valence-corrected chi connectivity index (χ4v) is 7.96. The van der Waals surface area contributed by atoms with Crippen LogP contribution in [0.1, 0.15) is 25.3 Å². The zero-order chi connectivity index (χ0) is 31.5. The van der Waals surface area contributed by atoms with Crippen LogP contribution < -0.4 is 25.6 Å². The molecular weight excluding hydrogens is 649 g/mol. The largest absolute Gasteiger partial charge is 0.479 e. The second-order valence-electron chi connectivity index (χ2n) is 12.0. The number of hydrogen-bond acceptors (Lipinski definition) is 10. The van der Waals surface area contributed by atoms with E-state index in [2.05, 4.69) is 97.8 Å². The molecule has 6 rings (SSSR count). The van der Waals surface area contributed by atoms with Gasteiger partial charge in [-0.05, 0) is 73.3 Å². The molecule has 2 aliphatic rings. The van der Waals surface area contributed by atoms with E-state index in [1.807, 2.05) is 12.3 Å². The van der Waals surface area contributed by atoms with Crippen LogP contribution in [0.5, 0.6) is 5.88 Å². The first-order valence-corrected chi connectivity index (χ1v) is 18.7. The Bertz CT molecular complexity index is 1640. The number of piperidine rings is 1. The first-order valence-electron chi connectivity index (χ1n) is 15.7. The lowest BCUT2D eigenvalue weighted by Crippen LogP contribution is -2.52. The Balaban J connectivity index is 1.21. The zero-order valence-electron chi connectivity index (χ0n) is 26.8. The summed E-state index contributed by atoms with van der Waals surface area (Å²) in [5.41, 5.74) is 3.87. The summed E-state index contributed by atoms with van der Waals surface area (Å²) < 4.78 is 6.57. The van der Waals surface area contributed by atoms with Gasteiger partial charge in [-0.25, -0.2) is 4.98 Å². The highest BCUT2D eigenvalue weighted by Crippen LogP contribution is 2.36. The Kier molecular flexibility index (Phi) is 9.99. The van der Waals surface area contributed by atoms with Crippen LogP contribution in [-0.2, 0) is 6.42 Å². The van der Waals surface area contributed by atoms with E-state index >= 15 is 0 Å². The van der Waals surface area contributed by atoms with E-state index in [4.69, 9.17) is 19.7 Å². The minimum absolute atomic E-state index is 0.408. The van der Waals surface area contributed by atoms with E-state index in [0.29, 0.717) is 23.7 Å². The Morgan fingerprint density at radius 1 is 0.956 bits per heavy atom. The Morgan fingerprint density at radius 2 is 1.71 bits per heavy atom. The lowest BCUT2D eigenvalue weighted by atomic mass is 10.0. The van der Waals surface area contributed by atoms with Gasteiger partial charge >= 0.3 is 0 Å². The smallest absolute Gasteiger partial charge is 0.239 e. The van der Waals surface area contributed by atoms with Crippen LogP contribution in [0, 0.1) is 0 Å². The number of piperazine rings is 1. The molecule has 0 amide bonds. The van der Waals surface area contributed by atoms with Crippen molar-refractivity contribution in [2.75, 3.05) is 82.3 Å². The van der Waals surface area contributed by atoms with Crippen molar-refractivity contribution in [3.63, 3.8) is 0 Å². The number of rotatable bonds is 9. The molecule has 2 aliphatic heterocycles. The van der Waals surface area contributed by atoms with Crippen molar-refractivity contribution < 1.29 is 4.74 Å². The molecule has 0 radical (unpaired) electrons. The summed E-state index contributed by atoms with van der Waals surface area (Å²) in [4.78, 5) is 26.7. The first kappa shape index (κ1) is 31.9. The number of halogens is 1. The van der Waals surface area contributed by atoms with E-state index in [0.717, 1.165) is 78.0 Å². The molecule has 0 saturated carbocycles. The SMILES string of the molecule is CCc1cc(Nc2ncc(Br)c(Nc3cnc4ccccc4c3P(C)C)n2)c(OC)nc1N1CCC(N2CCN(C)CC2)CC1. The highest BCUT2D eigenvalue weighted by atomic mass is 79.9. The number of anilines is 5. The van der Waals surface area contributed by atoms with Crippen LogP contribution in [0.15, 0.2) is 47.2 Å². The van der Waals surface area contributed by atoms with E-state index in [1.165, 1.54) is 24.0 Å². The predicted molar refractivity (Wildman–Crippen MR) is 191 cm³/mol. The number of ether oxygens (including phenoxy) is 1. The molecule has 5 heterocycles. The third-order valence-electron chi connectivity index (χ3n) is 8.87. The van der Waals surface area contributed by atoms with Gasteiger partial charge in [0.1, 0.15) is 17.3 Å². The van der Waals surface area contributed by atoms with Gasteiger partial charge in [0.15, 0.2) is 0 Å². The van der Waals surface area contributed by atoms with Crippen LogP contribution in [0.25, 0.3) is 10.9 Å². The van der Waals surface area contributed by atoms with Gasteiger partial charge in [0.2, 0.25) is 11.8 Å². The molecule has 0 atom stereocenters. The normalized spacial score (nSPS) is 16.8. The van der Waals surface area contributed by atoms with Crippen molar-refractivity contribution in [2.24, 2.45) is 0 Å². The molecule has 2 N–H and O–H groups in total. The number of hydrogen-bond donors (Lipinski definition) is 2. The Morgan fingerprint density at radius 3 is 2.42 bits per heavy atom. The van der Waals surface area contributed by atoms with Crippen LogP contribution in [-0.4, -0.2) is 103 Å². The third kappa shape index (κ3) is 7.02. The standard InChI is InChI=1S/C33H43BrN9OP/c1-6-22-19-27(32(44-3)40-31(22)43-13-11-23(12-14-43)42-17-15-41(2)16-18-42)38-33-36-20-25(34)30(39-33)37-28-21-35-26-10-8-7-9-24(26)29(28)45(4)5/h7-10,19-21,23H,6,11-18H2,1-5H3,(H2,36,37,38,39). The highest BCUT2D eigenvalue weighted by Gasteiger charge is 2.28. The third-order valence-corrected chi connectivity index (χ3v) is 10.8. The molecule has 10 nitrogen and oxygen atoms in total. The molecule has 238 valence electrons. The number of nitrogens with one attached hydrogen (secondary N) is 2. The Hall–Kier alpha value is -3.11. The second-order valence-corrected chi connectivity index (χ2v) is 15.1. The van der Waals surface area contributed by atoms with E-state index in [-0.39, 0.29) is 0 Å². The maximum atomic E-state index is 5.81. The lowest BCUT2D eigenvalue weighted by Gasteiger charge is -2.42. The number of aromatic nitrogens is 4. The maximum absolute atomic E-state index is 5.81. The first-order chi connectivity index (χ1) is 21.8.